The molecule has 0 unspecified atom stereocenters. The third-order valence-electron chi connectivity index (χ3n) is 11.7. The highest BCUT2D eigenvalue weighted by Crippen LogP contribution is 2.30. The fraction of sp³-hybridized carbons (Fsp3) is 0.434. The monoisotopic (exact) mass is 947 g/mol. The molecular formula is C53H66ClN7O5S. The molecule has 3 aromatic carbocycles. The highest BCUT2D eigenvalue weighted by atomic mass is 35.5. The van der Waals surface area contributed by atoms with Gasteiger partial charge in [-0.2, -0.15) is 10.4 Å². The Bertz CT molecular complexity index is 2440. The van der Waals surface area contributed by atoms with Crippen molar-refractivity contribution < 1.29 is 24.0 Å². The van der Waals surface area contributed by atoms with E-state index in [4.69, 9.17) is 26.4 Å². The number of aromatic nitrogens is 2. The zero-order valence-corrected chi connectivity index (χ0v) is 41.5. The van der Waals surface area contributed by atoms with Crippen molar-refractivity contribution >= 4 is 46.6 Å². The minimum absolute atomic E-state index is 0.00420. The van der Waals surface area contributed by atoms with Crippen molar-refractivity contribution in [3.63, 3.8) is 0 Å². The van der Waals surface area contributed by atoms with Crippen molar-refractivity contribution in [3.8, 4) is 27.8 Å². The molecule has 0 aliphatic rings. The van der Waals surface area contributed by atoms with Gasteiger partial charge >= 0.3 is 0 Å². The number of halogens is 1. The zero-order valence-electron chi connectivity index (χ0n) is 39.9. The Morgan fingerprint density at radius 2 is 1.64 bits per heavy atom. The number of hydrogen-bond acceptors (Lipinski definition) is 9. The predicted octanol–water partition coefficient (Wildman–Crippen LogP) is 11.1. The summed E-state index contributed by atoms with van der Waals surface area (Å²) in [7, 11) is 0. The molecule has 0 bridgehead atoms. The van der Waals surface area contributed by atoms with Crippen molar-refractivity contribution in [1.29, 1.82) is 5.26 Å². The lowest BCUT2D eigenvalue weighted by Crippen LogP contribution is -2.38. The molecule has 0 aliphatic carbocycles. The summed E-state index contributed by atoms with van der Waals surface area (Å²) in [5.74, 6) is -0.00536. The number of amides is 3. The maximum atomic E-state index is 13.1. The van der Waals surface area contributed by atoms with Crippen LogP contribution in [0.3, 0.4) is 0 Å². The number of nitrogens with one attached hydrogen (secondary N) is 3. The van der Waals surface area contributed by atoms with Crippen LogP contribution in [-0.4, -0.2) is 59.2 Å². The van der Waals surface area contributed by atoms with Gasteiger partial charge < -0.3 is 25.5 Å². The molecule has 12 nitrogen and oxygen atoms in total. The fourth-order valence-corrected chi connectivity index (χ4v) is 8.68. The normalized spacial score (nSPS) is 13.3. The summed E-state index contributed by atoms with van der Waals surface area (Å²) < 4.78 is 7.55. The Kier molecular flexibility index (Phi) is 20.5. The van der Waals surface area contributed by atoms with Gasteiger partial charge in [-0.15, -0.1) is 11.3 Å². The average molecular weight is 949 g/mol. The van der Waals surface area contributed by atoms with Crippen molar-refractivity contribution in [2.45, 2.75) is 112 Å². The van der Waals surface area contributed by atoms with E-state index < -0.39 is 0 Å². The molecule has 5 rings (SSSR count). The molecule has 2 heterocycles. The van der Waals surface area contributed by atoms with Crippen molar-refractivity contribution in [2.24, 2.45) is 22.9 Å². The Morgan fingerprint density at radius 3 is 2.33 bits per heavy atom. The summed E-state index contributed by atoms with van der Waals surface area (Å²) in [6, 6.07) is 27.2. The first-order chi connectivity index (χ1) is 32.2. The van der Waals surface area contributed by atoms with Crippen LogP contribution in [0.15, 0.2) is 95.6 Å². The molecule has 2 aromatic heterocycles. The lowest BCUT2D eigenvalue weighted by molar-refractivity contribution is -0.128. The Balaban J connectivity index is 0.896. The molecular weight excluding hydrogens is 882 g/mol. The summed E-state index contributed by atoms with van der Waals surface area (Å²) in [6.45, 7) is 15.5. The van der Waals surface area contributed by atoms with Gasteiger partial charge in [0.05, 0.1) is 41.4 Å². The molecule has 3 amide bonds. The molecule has 0 saturated heterocycles. The first-order valence-electron chi connectivity index (χ1n) is 23.3. The number of nitrogens with zero attached hydrogens (tertiary/aromatic N) is 4. The summed E-state index contributed by atoms with van der Waals surface area (Å²) in [4.78, 5) is 45.7. The van der Waals surface area contributed by atoms with E-state index in [1.807, 2.05) is 77.2 Å². The van der Waals surface area contributed by atoms with Crippen molar-refractivity contribution in [3.05, 3.63) is 123 Å². The number of ether oxygens (including phenoxy) is 1. The van der Waals surface area contributed by atoms with Crippen molar-refractivity contribution in [1.82, 2.24) is 25.7 Å². The van der Waals surface area contributed by atoms with E-state index in [-0.39, 0.29) is 54.2 Å². The third kappa shape index (κ3) is 16.7. The number of unbranched alkanes of at least 4 members (excludes halogenated alkanes) is 3. The predicted molar refractivity (Wildman–Crippen MR) is 269 cm³/mol. The smallest absolute Gasteiger partial charge is 0.251 e. The molecule has 0 spiro atoms. The van der Waals surface area contributed by atoms with Crippen LogP contribution >= 0.6 is 22.9 Å². The van der Waals surface area contributed by atoms with E-state index in [0.29, 0.717) is 54.6 Å². The second-order valence-electron chi connectivity index (χ2n) is 17.8. The van der Waals surface area contributed by atoms with Gasteiger partial charge in [0.25, 0.3) is 5.91 Å². The third-order valence-corrected chi connectivity index (χ3v) is 13.1. The topological polar surface area (TPSA) is 160 Å². The lowest BCUT2D eigenvalue weighted by Gasteiger charge is -2.21. The Hall–Kier alpha value is -5.97. The van der Waals surface area contributed by atoms with Crippen LogP contribution < -0.4 is 16.0 Å². The van der Waals surface area contributed by atoms with E-state index >= 15 is 0 Å². The maximum Gasteiger partial charge on any atom is 0.251 e. The van der Waals surface area contributed by atoms with Crippen LogP contribution in [0.5, 0.6) is 0 Å². The molecule has 0 aliphatic heterocycles. The number of oxime groups is 1. The molecule has 14 heteroatoms. The van der Waals surface area contributed by atoms with Gasteiger partial charge in [0.2, 0.25) is 17.7 Å². The number of thiophene rings is 1. The maximum absolute atomic E-state index is 13.1. The summed E-state index contributed by atoms with van der Waals surface area (Å²) in [6.07, 6.45) is 7.79. The van der Waals surface area contributed by atoms with Crippen LogP contribution in [0, 0.1) is 36.0 Å². The minimum atomic E-state index is -0.378. The molecule has 0 radical (unpaired) electrons. The molecule has 0 saturated carbocycles. The highest BCUT2D eigenvalue weighted by Gasteiger charge is 2.24. The molecule has 0 fully saturated rings. The minimum Gasteiger partial charge on any atom is -0.479 e. The second kappa shape index (κ2) is 26.4. The number of nitriles is 1. The van der Waals surface area contributed by atoms with E-state index in [2.05, 4.69) is 74.9 Å². The fourth-order valence-electron chi connectivity index (χ4n) is 7.52. The number of aryl methyl sites for hydroxylation is 2. The van der Waals surface area contributed by atoms with Crippen LogP contribution in [0.4, 0.5) is 0 Å². The number of rotatable bonds is 25. The Morgan fingerprint density at radius 1 is 0.910 bits per heavy atom. The van der Waals surface area contributed by atoms with Gasteiger partial charge in [0, 0.05) is 48.1 Å². The van der Waals surface area contributed by atoms with Crippen LogP contribution in [0.25, 0.3) is 21.7 Å². The second-order valence-corrected chi connectivity index (χ2v) is 19.1. The van der Waals surface area contributed by atoms with Crippen molar-refractivity contribution in [2.75, 3.05) is 19.8 Å². The summed E-state index contributed by atoms with van der Waals surface area (Å²) in [5.41, 5.74) is 7.29. The number of hydrogen-bond donors (Lipinski definition) is 3. The number of carbonyl (C=O) groups excluding carboxylic acids is 3. The van der Waals surface area contributed by atoms with Crippen LogP contribution in [-0.2, 0) is 32.1 Å². The van der Waals surface area contributed by atoms with Crippen LogP contribution in [0.1, 0.15) is 119 Å². The average Bonchev–Trinajstić information content (AvgIpc) is 3.97. The standard InChI is InChI=1S/C53H66ClN7O5S/c1-35(2)47(53(64)56-32-36(3)13-24-50(62)58-39(6)42-18-20-43(21-19-42)51-37(4)26-29-67-51)34-66-60-40(7)65-28-11-9-8-10-12-41-14-16-44(17-15-41)52(63)57-38(5)33-61-27-25-49(59-61)45-22-23-46(31-55)48(54)30-45/h14-23,25-27,29-30,35-36,38-39,47H,8-13,24,28,32-34H2,1-7H3,(H,56,64)(H,57,63)(H,58,62)/b60-40+/t36-,38+,39+,47+/m1/s1. The largest absolute Gasteiger partial charge is 0.479 e. The van der Waals surface area contributed by atoms with E-state index in [1.54, 1.807) is 35.1 Å². The van der Waals surface area contributed by atoms with Gasteiger partial charge in [-0.25, -0.2) is 0 Å². The molecule has 4 atom stereocenters. The molecule has 356 valence electrons. The van der Waals surface area contributed by atoms with Gasteiger partial charge in [0.1, 0.15) is 12.7 Å². The summed E-state index contributed by atoms with van der Waals surface area (Å²) >= 11 is 7.93. The van der Waals surface area contributed by atoms with Gasteiger partial charge in [-0.05, 0) is 122 Å². The van der Waals surface area contributed by atoms with E-state index in [1.165, 1.54) is 21.6 Å². The first kappa shape index (κ1) is 52.0. The zero-order chi connectivity index (χ0) is 48.3. The Labute approximate surface area is 405 Å². The van der Waals surface area contributed by atoms with Gasteiger partial charge in [-0.3, -0.25) is 19.1 Å². The lowest BCUT2D eigenvalue weighted by atomic mass is 9.95. The molecule has 67 heavy (non-hydrogen) atoms. The highest BCUT2D eigenvalue weighted by molar-refractivity contribution is 7.13. The van der Waals surface area contributed by atoms with E-state index in [0.717, 1.165) is 48.9 Å². The number of carbonyl (C=O) groups is 3. The molecule has 3 N–H and O–H groups in total. The van der Waals surface area contributed by atoms with Gasteiger partial charge in [-0.1, -0.05) is 92.8 Å². The van der Waals surface area contributed by atoms with Gasteiger partial charge in [0.15, 0.2) is 0 Å². The first-order valence-corrected chi connectivity index (χ1v) is 24.6. The quantitative estimate of drug-likeness (QED) is 0.0227. The van der Waals surface area contributed by atoms with E-state index in [9.17, 15) is 14.4 Å². The summed E-state index contributed by atoms with van der Waals surface area (Å²) in [5, 5.41) is 29.6. The van der Waals surface area contributed by atoms with Crippen LogP contribution in [0.2, 0.25) is 5.02 Å². The number of benzene rings is 3. The SMILES string of the molecule is C/C(=N\OC[C@H](C(=O)NC[C@H](C)CCC(=O)N[C@@H](C)c1ccc(-c2sccc2C)cc1)C(C)C)OCCCCCCc1ccc(C(=O)N[C@@H](C)Cn2ccc(-c3ccc(C#N)c(Cl)c3)n2)cc1. The molecule has 5 aromatic rings.